The Bertz CT molecular complexity index is 1270. The Hall–Kier alpha value is -3.66. The molecular formula is C32H38O9. The van der Waals surface area contributed by atoms with Crippen molar-refractivity contribution in [2.75, 3.05) is 21.0 Å². The zero-order valence-corrected chi connectivity index (χ0v) is 24.3. The van der Waals surface area contributed by atoms with Gasteiger partial charge in [0.05, 0.1) is 18.8 Å². The lowest BCUT2D eigenvalue weighted by molar-refractivity contribution is -0.152. The van der Waals surface area contributed by atoms with Crippen molar-refractivity contribution in [3.05, 3.63) is 77.4 Å². The van der Waals surface area contributed by atoms with Crippen LogP contribution < -0.4 is 9.47 Å². The number of fused-ring (bicyclic) bond motifs is 2. The first-order chi connectivity index (χ1) is 19.6. The highest BCUT2D eigenvalue weighted by Gasteiger charge is 2.45. The van der Waals surface area contributed by atoms with Gasteiger partial charge >= 0.3 is 11.9 Å². The minimum atomic E-state index is -0.900. The molecular weight excluding hydrogens is 528 g/mol. The molecule has 41 heavy (non-hydrogen) atoms. The lowest BCUT2D eigenvalue weighted by Gasteiger charge is -2.25. The van der Waals surface area contributed by atoms with Crippen LogP contribution in [-0.4, -0.2) is 63.2 Å². The molecule has 5 atom stereocenters. The molecule has 0 spiro atoms. The van der Waals surface area contributed by atoms with Gasteiger partial charge in [0.15, 0.2) is 12.6 Å². The van der Waals surface area contributed by atoms with Gasteiger partial charge in [0.2, 0.25) is 0 Å². The lowest BCUT2D eigenvalue weighted by Crippen LogP contribution is -2.37. The number of rotatable bonds is 6. The summed E-state index contributed by atoms with van der Waals surface area (Å²) in [6.45, 7) is 7.32. The van der Waals surface area contributed by atoms with E-state index in [0.717, 1.165) is 0 Å². The van der Waals surface area contributed by atoms with Crippen molar-refractivity contribution in [1.82, 2.24) is 0 Å². The maximum absolute atomic E-state index is 13.5. The van der Waals surface area contributed by atoms with Crippen LogP contribution in [0.5, 0.6) is 11.5 Å². The quantitative estimate of drug-likeness (QED) is 0.252. The van der Waals surface area contributed by atoms with Gasteiger partial charge in [-0.25, -0.2) is 9.59 Å². The molecule has 4 rings (SSSR count). The van der Waals surface area contributed by atoms with Crippen molar-refractivity contribution in [3.8, 4) is 11.5 Å². The zero-order valence-electron chi connectivity index (χ0n) is 24.3. The number of methoxy groups -OCH3 is 2. The number of benzene rings is 2. The highest BCUT2D eigenvalue weighted by Crippen LogP contribution is 2.36. The molecule has 0 saturated carbocycles. The van der Waals surface area contributed by atoms with Gasteiger partial charge in [0.25, 0.3) is 0 Å². The topological polar surface area (TPSA) is 98.8 Å². The highest BCUT2D eigenvalue weighted by atomic mass is 16.8. The first-order valence-electron chi connectivity index (χ1n) is 13.6. The fourth-order valence-electron chi connectivity index (χ4n) is 4.73. The fraction of sp³-hybridized carbons (Fsp3) is 0.438. The van der Waals surface area contributed by atoms with Gasteiger partial charge in [-0.1, -0.05) is 43.4 Å². The van der Waals surface area contributed by atoms with E-state index >= 15 is 0 Å². The van der Waals surface area contributed by atoms with Crippen LogP contribution in [-0.2, 0) is 23.7 Å². The van der Waals surface area contributed by atoms with Crippen LogP contribution in [0.1, 0.15) is 60.4 Å². The average Bonchev–Trinajstić information content (AvgIpc) is 3.27. The van der Waals surface area contributed by atoms with Crippen molar-refractivity contribution < 1.29 is 42.7 Å². The van der Waals surface area contributed by atoms with Crippen molar-refractivity contribution in [2.45, 2.75) is 64.3 Å². The van der Waals surface area contributed by atoms with Gasteiger partial charge in [-0.05, 0) is 57.0 Å². The first kappa shape index (κ1) is 30.3. The zero-order chi connectivity index (χ0) is 29.6. The molecule has 0 aromatic heterocycles. The van der Waals surface area contributed by atoms with Crippen LogP contribution in [0.15, 0.2) is 60.7 Å². The van der Waals surface area contributed by atoms with E-state index in [1.54, 1.807) is 55.5 Å². The summed E-state index contributed by atoms with van der Waals surface area (Å²) >= 11 is 0. The maximum Gasteiger partial charge on any atom is 0.342 e. The van der Waals surface area contributed by atoms with Crippen LogP contribution in [0.3, 0.4) is 0 Å². The molecule has 0 radical (unpaired) electrons. The highest BCUT2D eigenvalue weighted by molar-refractivity contribution is 5.97. The van der Waals surface area contributed by atoms with Crippen LogP contribution in [0.4, 0.5) is 0 Å². The summed E-state index contributed by atoms with van der Waals surface area (Å²) in [5.41, 5.74) is 1.24. The Morgan fingerprint density at radius 1 is 1.05 bits per heavy atom. The van der Waals surface area contributed by atoms with Gasteiger partial charge in [0, 0.05) is 19.1 Å². The summed E-state index contributed by atoms with van der Waals surface area (Å²) in [5.74, 6) is -1.36. The molecule has 4 unspecified atom stereocenters. The summed E-state index contributed by atoms with van der Waals surface area (Å²) in [6.07, 6.45) is 5.44. The molecule has 2 aromatic rings. The van der Waals surface area contributed by atoms with Gasteiger partial charge in [-0.15, -0.1) is 0 Å². The number of hydrogen-bond acceptors (Lipinski definition) is 9. The van der Waals surface area contributed by atoms with Gasteiger partial charge in [-0.2, -0.15) is 0 Å². The maximum atomic E-state index is 13.5. The Morgan fingerprint density at radius 3 is 2.51 bits per heavy atom. The second kappa shape index (κ2) is 13.3. The number of hydrogen-bond donors (Lipinski definition) is 0. The molecule has 2 heterocycles. The molecule has 220 valence electrons. The molecule has 1 saturated heterocycles. The summed E-state index contributed by atoms with van der Waals surface area (Å²) in [6, 6.07) is 12.2. The van der Waals surface area contributed by atoms with Gasteiger partial charge < -0.3 is 33.2 Å². The van der Waals surface area contributed by atoms with Crippen molar-refractivity contribution in [2.24, 2.45) is 5.92 Å². The molecule has 9 heteroatoms. The summed E-state index contributed by atoms with van der Waals surface area (Å²) < 4.78 is 40.7. The van der Waals surface area contributed by atoms with E-state index in [9.17, 15) is 9.59 Å². The largest absolute Gasteiger partial charge is 0.497 e. The lowest BCUT2D eigenvalue weighted by atomic mass is 9.98. The van der Waals surface area contributed by atoms with Crippen LogP contribution >= 0.6 is 0 Å². The van der Waals surface area contributed by atoms with Crippen molar-refractivity contribution >= 4 is 18.0 Å². The molecule has 0 amide bonds. The molecule has 1 fully saturated rings. The first-order valence-corrected chi connectivity index (χ1v) is 13.6. The number of carbonyl (C=O) groups is 2. The third kappa shape index (κ3) is 7.55. The minimum absolute atomic E-state index is 0.0571. The van der Waals surface area contributed by atoms with E-state index in [0.29, 0.717) is 23.3 Å². The second-order valence-corrected chi connectivity index (χ2v) is 10.5. The summed E-state index contributed by atoms with van der Waals surface area (Å²) in [5, 5.41) is 0. The van der Waals surface area contributed by atoms with Crippen molar-refractivity contribution in [1.29, 1.82) is 0 Å². The number of carbonyl (C=O) groups excluding carboxylic acids is 2. The van der Waals surface area contributed by atoms with Crippen LogP contribution in [0.2, 0.25) is 0 Å². The predicted octanol–water partition coefficient (Wildman–Crippen LogP) is 5.58. The molecule has 9 nitrogen and oxygen atoms in total. The van der Waals surface area contributed by atoms with E-state index in [1.807, 2.05) is 39.0 Å². The second-order valence-electron chi connectivity index (χ2n) is 10.5. The minimum Gasteiger partial charge on any atom is -0.497 e. The van der Waals surface area contributed by atoms with E-state index in [4.69, 9.17) is 33.2 Å². The molecule has 0 bridgehead atoms. The molecule has 2 aliphatic rings. The van der Waals surface area contributed by atoms with Crippen molar-refractivity contribution in [3.63, 3.8) is 0 Å². The Labute approximate surface area is 241 Å². The fourth-order valence-corrected chi connectivity index (χ4v) is 4.73. The van der Waals surface area contributed by atoms with E-state index in [1.165, 1.54) is 14.2 Å². The van der Waals surface area contributed by atoms with E-state index in [-0.39, 0.29) is 24.0 Å². The molecule has 2 aliphatic heterocycles. The van der Waals surface area contributed by atoms with Gasteiger partial charge in [0.1, 0.15) is 35.4 Å². The molecule has 0 aliphatic carbocycles. The Kier molecular flexibility index (Phi) is 9.86. The number of ether oxygens (including phenoxy) is 7. The Morgan fingerprint density at radius 2 is 1.80 bits per heavy atom. The monoisotopic (exact) mass is 566 g/mol. The van der Waals surface area contributed by atoms with Crippen LogP contribution in [0, 0.1) is 5.92 Å². The molecule has 2 aromatic carbocycles. The standard InChI is InChI=1S/C32H38O9/c1-20-15-16-25(39-30(33)22-11-8-7-9-12-22)29-26(40-32(3,4)41-29)14-10-13-23-17-24(36-6)18-27(37-19-35-5)28(23)31(34)38-21(20)2/h7-13,15-18,20-21,25-26,29H,14,19H2,1-6H3/b13-10?,16-15-/t20-,21?,25?,26?,29?/m1/s1. The Balaban J connectivity index is 1.74. The van der Waals surface area contributed by atoms with E-state index < -0.39 is 42.1 Å². The molecule has 0 N–H and O–H groups in total. The average molecular weight is 567 g/mol. The third-order valence-electron chi connectivity index (χ3n) is 6.98. The predicted molar refractivity (Wildman–Crippen MR) is 152 cm³/mol. The summed E-state index contributed by atoms with van der Waals surface area (Å²) in [7, 11) is 3.04. The number of cyclic esters (lactones) is 1. The number of esters is 2. The SMILES string of the molecule is COCOc1cc(OC)cc2c1C(=O)OC(C)[C@H](C)/C=C\C(OC(=O)c1ccccc1)C1OC(C)(C)OC1CC=C2. The van der Waals surface area contributed by atoms with E-state index in [2.05, 4.69) is 0 Å². The third-order valence-corrected chi connectivity index (χ3v) is 6.98. The summed E-state index contributed by atoms with van der Waals surface area (Å²) in [4.78, 5) is 26.6. The normalized spacial score (nSPS) is 26.6. The van der Waals surface area contributed by atoms with Gasteiger partial charge in [-0.3, -0.25) is 0 Å². The smallest absolute Gasteiger partial charge is 0.342 e. The van der Waals surface area contributed by atoms with Crippen LogP contribution in [0.25, 0.3) is 6.08 Å².